The van der Waals surface area contributed by atoms with Crippen LogP contribution < -0.4 is 9.91 Å². The first-order valence-electron chi connectivity index (χ1n) is 12.4. The van der Waals surface area contributed by atoms with Gasteiger partial charge in [-0.05, 0) is 67.9 Å². The van der Waals surface area contributed by atoms with Gasteiger partial charge in [-0.1, -0.05) is 24.3 Å². The van der Waals surface area contributed by atoms with Crippen LogP contribution in [0.2, 0.25) is 0 Å². The molecule has 0 bridgehead atoms. The van der Waals surface area contributed by atoms with E-state index in [9.17, 15) is 23.1 Å². The lowest BCUT2D eigenvalue weighted by molar-refractivity contribution is -0.139. The number of hydrogen-bond acceptors (Lipinski definition) is 6. The fourth-order valence-electron chi connectivity index (χ4n) is 5.22. The number of carboxylic acid groups (broad SMARTS) is 1. The van der Waals surface area contributed by atoms with Gasteiger partial charge < -0.3 is 10.0 Å². The third-order valence-electron chi connectivity index (χ3n) is 6.99. The molecule has 2 saturated heterocycles. The molecule has 2 fully saturated rings. The summed E-state index contributed by atoms with van der Waals surface area (Å²) < 4.78 is 41.1. The highest BCUT2D eigenvalue weighted by atomic mass is 32.2. The van der Waals surface area contributed by atoms with E-state index in [0.29, 0.717) is 37.5 Å². The summed E-state index contributed by atoms with van der Waals surface area (Å²) in [5.74, 6) is 0.660. The number of hydrazine groups is 1. The first-order chi connectivity index (χ1) is 17.3. The summed E-state index contributed by atoms with van der Waals surface area (Å²) in [5.41, 5.74) is -0.357. The smallest absolute Gasteiger partial charge is 0.416 e. The highest BCUT2D eigenvalue weighted by molar-refractivity contribution is 7.98. The van der Waals surface area contributed by atoms with Crippen molar-refractivity contribution in [3.63, 3.8) is 0 Å². The van der Waals surface area contributed by atoms with E-state index in [0.717, 1.165) is 37.8 Å². The first kappa shape index (κ1) is 26.6. The molecule has 1 unspecified atom stereocenters. The van der Waals surface area contributed by atoms with Crippen LogP contribution in [0.1, 0.15) is 49.1 Å². The molecule has 36 heavy (non-hydrogen) atoms. The molecule has 4 rings (SSSR count). The second kappa shape index (κ2) is 11.7. The van der Waals surface area contributed by atoms with Gasteiger partial charge in [0, 0.05) is 32.1 Å². The Kier molecular flexibility index (Phi) is 8.66. The predicted octanol–water partition coefficient (Wildman–Crippen LogP) is 5.51. The Morgan fingerprint density at radius 1 is 1.14 bits per heavy atom. The number of rotatable bonds is 9. The summed E-state index contributed by atoms with van der Waals surface area (Å²) in [7, 11) is 0. The Labute approximate surface area is 214 Å². The van der Waals surface area contributed by atoms with Crippen molar-refractivity contribution in [3.8, 4) is 0 Å². The number of piperidine rings is 1. The summed E-state index contributed by atoms with van der Waals surface area (Å²) in [6.45, 7) is 2.57. The van der Waals surface area contributed by atoms with Crippen molar-refractivity contribution in [3.05, 3.63) is 53.6 Å². The van der Waals surface area contributed by atoms with Gasteiger partial charge in [0.15, 0.2) is 0 Å². The average molecular weight is 523 g/mol. The van der Waals surface area contributed by atoms with E-state index < -0.39 is 23.8 Å². The van der Waals surface area contributed by atoms with Gasteiger partial charge in [0.25, 0.3) is 0 Å². The predicted molar refractivity (Wildman–Crippen MR) is 138 cm³/mol. The molecule has 0 amide bonds. The molecule has 1 aromatic heterocycles. The fourth-order valence-corrected chi connectivity index (χ4v) is 5.68. The zero-order valence-corrected chi connectivity index (χ0v) is 21.3. The van der Waals surface area contributed by atoms with E-state index in [1.165, 1.54) is 12.5 Å². The van der Waals surface area contributed by atoms with Gasteiger partial charge in [-0.3, -0.25) is 5.01 Å². The van der Waals surface area contributed by atoms with Crippen molar-refractivity contribution < 1.29 is 23.1 Å². The van der Waals surface area contributed by atoms with Gasteiger partial charge in [0.1, 0.15) is 17.7 Å². The minimum Gasteiger partial charge on any atom is -0.480 e. The minimum absolute atomic E-state index is 0.262. The molecule has 1 aromatic carbocycles. The van der Waals surface area contributed by atoms with Crippen LogP contribution in [0.5, 0.6) is 0 Å². The molecule has 1 N–H and O–H groups in total. The van der Waals surface area contributed by atoms with Crippen LogP contribution in [-0.2, 0) is 11.0 Å². The van der Waals surface area contributed by atoms with Crippen LogP contribution in [0.3, 0.4) is 0 Å². The Bertz CT molecular complexity index is 1030. The number of anilines is 2. The maximum Gasteiger partial charge on any atom is 0.416 e. The Balaban J connectivity index is 1.66. The molecule has 0 aliphatic carbocycles. The van der Waals surface area contributed by atoms with E-state index >= 15 is 0 Å². The molecule has 0 saturated carbocycles. The minimum atomic E-state index is -4.43. The van der Waals surface area contributed by atoms with Gasteiger partial charge in [-0.15, -0.1) is 0 Å². The number of benzene rings is 1. The number of nitrogens with zero attached hydrogens (tertiary/aromatic N) is 4. The molecule has 3 heterocycles. The van der Waals surface area contributed by atoms with Gasteiger partial charge in [-0.25, -0.2) is 14.8 Å². The zero-order valence-electron chi connectivity index (χ0n) is 20.5. The maximum absolute atomic E-state index is 13.7. The number of hydrogen-bond donors (Lipinski definition) is 1. The van der Waals surface area contributed by atoms with Gasteiger partial charge in [-0.2, -0.15) is 24.9 Å². The van der Waals surface area contributed by atoms with Crippen LogP contribution >= 0.6 is 11.8 Å². The van der Waals surface area contributed by atoms with E-state index in [1.54, 1.807) is 35.0 Å². The highest BCUT2D eigenvalue weighted by Crippen LogP contribution is 2.39. The van der Waals surface area contributed by atoms with Gasteiger partial charge >= 0.3 is 12.1 Å². The quantitative estimate of drug-likeness (QED) is 0.466. The van der Waals surface area contributed by atoms with E-state index in [-0.39, 0.29) is 11.5 Å². The standard InChI is InChI=1S/C26H33F3N4O2S/c1-36-17-13-22(25(34)35)33(24-11-7-10-23(30-24)31-14-5-2-6-15-31)32-16-12-19(18-32)20-8-3-4-9-21(20)26(27,28)29/h3-4,7-11,19,22H,2,5-6,12-18H2,1H3,(H,34,35)/t19?,22-/m0/s1. The second-order valence-corrected chi connectivity index (χ2v) is 10.4. The largest absolute Gasteiger partial charge is 0.480 e. The Hall–Kier alpha value is -2.46. The molecule has 2 aliphatic heterocycles. The lowest BCUT2D eigenvalue weighted by atomic mass is 9.93. The average Bonchev–Trinajstić information content (AvgIpc) is 3.36. The van der Waals surface area contributed by atoms with Gasteiger partial charge in [0.2, 0.25) is 0 Å². The van der Waals surface area contributed by atoms with Crippen LogP contribution in [0, 0.1) is 0 Å². The van der Waals surface area contributed by atoms with Crippen LogP contribution in [-0.4, -0.2) is 65.3 Å². The number of alkyl halides is 3. The zero-order chi connectivity index (χ0) is 25.7. The summed E-state index contributed by atoms with van der Waals surface area (Å²) in [6.07, 6.45) is 1.76. The summed E-state index contributed by atoms with van der Waals surface area (Å²) >= 11 is 1.57. The molecule has 0 spiro atoms. The number of thioether (sulfide) groups is 1. The molecule has 10 heteroatoms. The van der Waals surface area contributed by atoms with Crippen LogP contribution in [0.4, 0.5) is 24.8 Å². The number of carbonyl (C=O) groups is 1. The van der Waals surface area contributed by atoms with Crippen molar-refractivity contribution in [1.82, 2.24) is 9.99 Å². The summed E-state index contributed by atoms with van der Waals surface area (Å²) in [6, 6.07) is 10.5. The number of aromatic nitrogens is 1. The first-order valence-corrected chi connectivity index (χ1v) is 13.8. The number of carboxylic acids is 1. The van der Waals surface area contributed by atoms with Crippen molar-refractivity contribution in [2.45, 2.75) is 50.2 Å². The molecule has 0 radical (unpaired) electrons. The monoisotopic (exact) mass is 522 g/mol. The normalized spacial score (nSPS) is 19.9. The number of aliphatic carboxylic acids is 1. The molecule has 2 aliphatic rings. The van der Waals surface area contributed by atoms with Gasteiger partial charge in [0.05, 0.1) is 5.56 Å². The summed E-state index contributed by atoms with van der Waals surface area (Å²) in [4.78, 5) is 19.5. The fraction of sp³-hybridized carbons (Fsp3) is 0.538. The molecular weight excluding hydrogens is 489 g/mol. The van der Waals surface area contributed by atoms with Crippen molar-refractivity contribution in [1.29, 1.82) is 0 Å². The number of halogens is 3. The summed E-state index contributed by atoms with van der Waals surface area (Å²) in [5, 5.41) is 13.8. The number of pyridine rings is 1. The van der Waals surface area contributed by atoms with Crippen LogP contribution in [0.25, 0.3) is 0 Å². The highest BCUT2D eigenvalue weighted by Gasteiger charge is 2.40. The lowest BCUT2D eigenvalue weighted by Gasteiger charge is -2.38. The Morgan fingerprint density at radius 2 is 1.89 bits per heavy atom. The second-order valence-electron chi connectivity index (χ2n) is 9.37. The van der Waals surface area contributed by atoms with Crippen molar-refractivity contribution in [2.75, 3.05) is 48.1 Å². The Morgan fingerprint density at radius 3 is 2.58 bits per heavy atom. The van der Waals surface area contributed by atoms with E-state index in [2.05, 4.69) is 4.90 Å². The topological polar surface area (TPSA) is 59.9 Å². The van der Waals surface area contributed by atoms with Crippen LogP contribution in [0.15, 0.2) is 42.5 Å². The van der Waals surface area contributed by atoms with E-state index in [4.69, 9.17) is 4.98 Å². The molecule has 196 valence electrons. The SMILES string of the molecule is CSCC[C@@H](C(=O)O)N(c1cccc(N2CCCCC2)n1)N1CCC(c2ccccc2C(F)(F)F)C1. The third-order valence-corrected chi connectivity index (χ3v) is 7.63. The molecule has 2 atom stereocenters. The molecule has 6 nitrogen and oxygen atoms in total. The molecular formula is C26H33F3N4O2S. The van der Waals surface area contributed by atoms with Crippen molar-refractivity contribution in [2.24, 2.45) is 0 Å². The van der Waals surface area contributed by atoms with Crippen molar-refractivity contribution >= 4 is 29.4 Å². The maximum atomic E-state index is 13.7. The third kappa shape index (κ3) is 6.08. The molecule has 2 aromatic rings. The lowest BCUT2D eigenvalue weighted by Crippen LogP contribution is -2.52. The van der Waals surface area contributed by atoms with E-state index in [1.807, 2.05) is 23.4 Å².